The van der Waals surface area contributed by atoms with Crippen LogP contribution in [0, 0.1) is 5.92 Å². The standard InChI is InChI=1S/C21H23NO5/c1-26-18-9-5-8-16(13-22-14-17(21(24)25)12-19(22)23)20(18)27-11-10-15-6-3-2-4-7-15/h2-9,17H,10-14H2,1H3,(H,24,25). The largest absolute Gasteiger partial charge is 0.493 e. The molecule has 6 nitrogen and oxygen atoms in total. The third-order valence-electron chi connectivity index (χ3n) is 4.69. The van der Waals surface area contributed by atoms with Gasteiger partial charge in [-0.15, -0.1) is 0 Å². The number of carboxylic acids is 1. The predicted octanol–water partition coefficient (Wildman–Crippen LogP) is 2.75. The van der Waals surface area contributed by atoms with Crippen LogP contribution in [0.25, 0.3) is 0 Å². The SMILES string of the molecule is COc1cccc(CN2CC(C(=O)O)CC2=O)c1OCCc1ccccc1. The number of likely N-dealkylation sites (tertiary alicyclic amines) is 1. The number of hydrogen-bond acceptors (Lipinski definition) is 4. The molecule has 0 aliphatic carbocycles. The maximum absolute atomic E-state index is 12.1. The Kier molecular flexibility index (Phi) is 5.96. The van der Waals surface area contributed by atoms with Gasteiger partial charge in [-0.25, -0.2) is 0 Å². The van der Waals surface area contributed by atoms with Crippen LogP contribution in [0.4, 0.5) is 0 Å². The van der Waals surface area contributed by atoms with Crippen molar-refractivity contribution in [3.8, 4) is 11.5 Å². The number of benzene rings is 2. The summed E-state index contributed by atoms with van der Waals surface area (Å²) in [6.07, 6.45) is 0.797. The Morgan fingerprint density at radius 1 is 1.19 bits per heavy atom. The van der Waals surface area contributed by atoms with Gasteiger partial charge in [-0.05, 0) is 11.6 Å². The first-order chi connectivity index (χ1) is 13.1. The van der Waals surface area contributed by atoms with Crippen molar-refractivity contribution in [2.24, 2.45) is 5.92 Å². The molecule has 1 saturated heterocycles. The number of carbonyl (C=O) groups excluding carboxylic acids is 1. The van der Waals surface area contributed by atoms with E-state index < -0.39 is 11.9 Å². The number of amides is 1. The van der Waals surface area contributed by atoms with E-state index in [-0.39, 0.29) is 18.9 Å². The molecule has 142 valence electrons. The first-order valence-corrected chi connectivity index (χ1v) is 8.91. The molecule has 1 aliphatic rings. The summed E-state index contributed by atoms with van der Waals surface area (Å²) >= 11 is 0. The number of ether oxygens (including phenoxy) is 2. The zero-order valence-corrected chi connectivity index (χ0v) is 15.3. The molecule has 0 aromatic heterocycles. The Bertz CT molecular complexity index is 805. The van der Waals surface area contributed by atoms with Crippen molar-refractivity contribution in [2.75, 3.05) is 20.3 Å². The molecular weight excluding hydrogens is 346 g/mol. The first kappa shape index (κ1) is 18.8. The van der Waals surface area contributed by atoms with Gasteiger partial charge in [0.15, 0.2) is 11.5 Å². The van der Waals surface area contributed by atoms with Crippen molar-refractivity contribution in [1.82, 2.24) is 4.90 Å². The molecule has 2 aromatic rings. The number of rotatable bonds is 8. The summed E-state index contributed by atoms with van der Waals surface area (Å²) in [5.74, 6) is -0.536. The lowest BCUT2D eigenvalue weighted by Crippen LogP contribution is -2.26. The van der Waals surface area contributed by atoms with E-state index in [9.17, 15) is 9.59 Å². The highest BCUT2D eigenvalue weighted by atomic mass is 16.5. The van der Waals surface area contributed by atoms with Gasteiger partial charge in [-0.3, -0.25) is 9.59 Å². The van der Waals surface area contributed by atoms with Crippen molar-refractivity contribution >= 4 is 11.9 Å². The molecule has 1 fully saturated rings. The second kappa shape index (κ2) is 8.58. The van der Waals surface area contributed by atoms with E-state index in [1.165, 1.54) is 5.56 Å². The summed E-state index contributed by atoms with van der Waals surface area (Å²) in [4.78, 5) is 24.9. The minimum atomic E-state index is -0.934. The summed E-state index contributed by atoms with van der Waals surface area (Å²) in [5, 5.41) is 9.15. The Morgan fingerprint density at radius 3 is 2.63 bits per heavy atom. The Morgan fingerprint density at radius 2 is 1.96 bits per heavy atom. The highest BCUT2D eigenvalue weighted by Crippen LogP contribution is 2.33. The van der Waals surface area contributed by atoms with Gasteiger partial charge < -0.3 is 19.5 Å². The monoisotopic (exact) mass is 369 g/mol. The Balaban J connectivity index is 1.71. The van der Waals surface area contributed by atoms with Crippen LogP contribution in [0.1, 0.15) is 17.5 Å². The van der Waals surface area contributed by atoms with E-state index in [1.54, 1.807) is 12.0 Å². The van der Waals surface area contributed by atoms with Crippen LogP contribution in [-0.4, -0.2) is 42.1 Å². The molecule has 0 spiro atoms. The lowest BCUT2D eigenvalue weighted by molar-refractivity contribution is -0.141. The second-order valence-corrected chi connectivity index (χ2v) is 6.55. The quantitative estimate of drug-likeness (QED) is 0.774. The molecule has 1 atom stereocenters. The fourth-order valence-electron chi connectivity index (χ4n) is 3.22. The van der Waals surface area contributed by atoms with Crippen LogP contribution in [0.5, 0.6) is 11.5 Å². The van der Waals surface area contributed by atoms with Gasteiger partial charge in [0.25, 0.3) is 0 Å². The van der Waals surface area contributed by atoms with Crippen molar-refractivity contribution in [2.45, 2.75) is 19.4 Å². The summed E-state index contributed by atoms with van der Waals surface area (Å²) in [7, 11) is 1.57. The van der Waals surface area contributed by atoms with Gasteiger partial charge in [0.2, 0.25) is 5.91 Å². The van der Waals surface area contributed by atoms with Crippen LogP contribution >= 0.6 is 0 Å². The van der Waals surface area contributed by atoms with Crippen LogP contribution in [-0.2, 0) is 22.6 Å². The van der Waals surface area contributed by atoms with E-state index in [2.05, 4.69) is 0 Å². The molecule has 1 heterocycles. The molecule has 0 bridgehead atoms. The van der Waals surface area contributed by atoms with E-state index in [4.69, 9.17) is 14.6 Å². The van der Waals surface area contributed by atoms with Crippen molar-refractivity contribution in [3.05, 3.63) is 59.7 Å². The Hall–Kier alpha value is -3.02. The second-order valence-electron chi connectivity index (χ2n) is 6.55. The molecule has 1 amide bonds. The zero-order valence-electron chi connectivity index (χ0n) is 15.3. The minimum Gasteiger partial charge on any atom is -0.493 e. The smallest absolute Gasteiger partial charge is 0.308 e. The maximum atomic E-state index is 12.1. The molecule has 0 saturated carbocycles. The van der Waals surface area contributed by atoms with Gasteiger partial charge in [0.1, 0.15) is 0 Å². The molecule has 0 radical (unpaired) electrons. The maximum Gasteiger partial charge on any atom is 0.308 e. The third-order valence-corrected chi connectivity index (χ3v) is 4.69. The molecular formula is C21H23NO5. The summed E-state index contributed by atoms with van der Waals surface area (Å²) in [6.45, 7) is 0.998. The van der Waals surface area contributed by atoms with Crippen molar-refractivity contribution < 1.29 is 24.2 Å². The van der Waals surface area contributed by atoms with Gasteiger partial charge in [-0.1, -0.05) is 42.5 Å². The van der Waals surface area contributed by atoms with Crippen molar-refractivity contribution in [1.29, 1.82) is 0 Å². The minimum absolute atomic E-state index is 0.0451. The predicted molar refractivity (Wildman–Crippen MR) is 99.8 cm³/mol. The average molecular weight is 369 g/mol. The van der Waals surface area contributed by atoms with E-state index in [0.29, 0.717) is 24.7 Å². The highest BCUT2D eigenvalue weighted by Gasteiger charge is 2.34. The molecule has 27 heavy (non-hydrogen) atoms. The number of carboxylic acid groups (broad SMARTS) is 1. The molecule has 6 heteroatoms. The highest BCUT2D eigenvalue weighted by molar-refractivity contribution is 5.86. The topological polar surface area (TPSA) is 76.1 Å². The molecule has 1 aliphatic heterocycles. The molecule has 1 unspecified atom stereocenters. The van der Waals surface area contributed by atoms with Gasteiger partial charge in [-0.2, -0.15) is 0 Å². The third kappa shape index (κ3) is 4.58. The normalized spacial score (nSPS) is 16.4. The molecule has 1 N–H and O–H groups in total. The average Bonchev–Trinajstić information content (AvgIpc) is 3.04. The number of nitrogens with zero attached hydrogens (tertiary/aromatic N) is 1. The van der Waals surface area contributed by atoms with E-state index in [1.807, 2.05) is 48.5 Å². The summed E-state index contributed by atoms with van der Waals surface area (Å²) in [6, 6.07) is 15.6. The fraction of sp³-hybridized carbons (Fsp3) is 0.333. The number of methoxy groups -OCH3 is 1. The van der Waals surface area contributed by atoms with Crippen LogP contribution < -0.4 is 9.47 Å². The van der Waals surface area contributed by atoms with Gasteiger partial charge >= 0.3 is 5.97 Å². The van der Waals surface area contributed by atoms with Gasteiger partial charge in [0.05, 0.1) is 19.6 Å². The number of hydrogen-bond donors (Lipinski definition) is 1. The number of para-hydroxylation sites is 1. The lowest BCUT2D eigenvalue weighted by atomic mass is 10.1. The molecule has 2 aromatic carbocycles. The summed E-state index contributed by atoms with van der Waals surface area (Å²) in [5.41, 5.74) is 1.98. The molecule has 3 rings (SSSR count). The van der Waals surface area contributed by atoms with Crippen molar-refractivity contribution in [3.63, 3.8) is 0 Å². The number of aliphatic carboxylic acids is 1. The summed E-state index contributed by atoms with van der Waals surface area (Å²) < 4.78 is 11.4. The van der Waals surface area contributed by atoms with Crippen LogP contribution in [0.15, 0.2) is 48.5 Å². The van der Waals surface area contributed by atoms with E-state index in [0.717, 1.165) is 12.0 Å². The Labute approximate surface area is 158 Å². The van der Waals surface area contributed by atoms with Crippen LogP contribution in [0.3, 0.4) is 0 Å². The first-order valence-electron chi connectivity index (χ1n) is 8.91. The number of carbonyl (C=O) groups is 2. The zero-order chi connectivity index (χ0) is 19.2. The fourth-order valence-corrected chi connectivity index (χ4v) is 3.22. The lowest BCUT2D eigenvalue weighted by Gasteiger charge is -2.20. The van der Waals surface area contributed by atoms with Gasteiger partial charge in [0, 0.05) is 31.5 Å². The van der Waals surface area contributed by atoms with Crippen LogP contribution in [0.2, 0.25) is 0 Å². The van der Waals surface area contributed by atoms with E-state index >= 15 is 0 Å².